The Kier molecular flexibility index (Phi) is 5.60. The summed E-state index contributed by atoms with van der Waals surface area (Å²) in [6.07, 6.45) is 1.19. The molecule has 0 rings (SSSR count). The molecule has 0 heterocycles. The van der Waals surface area contributed by atoms with Gasteiger partial charge in [0.05, 0.1) is 6.61 Å². The van der Waals surface area contributed by atoms with Crippen molar-refractivity contribution in [3.8, 4) is 0 Å². The summed E-state index contributed by atoms with van der Waals surface area (Å²) in [4.78, 5) is 24.0. The van der Waals surface area contributed by atoms with E-state index in [-0.39, 0.29) is 11.9 Å². The average Bonchev–Trinajstić information content (AvgIpc) is 2.18. The van der Waals surface area contributed by atoms with E-state index in [9.17, 15) is 9.59 Å². The van der Waals surface area contributed by atoms with Crippen molar-refractivity contribution in [2.75, 3.05) is 13.2 Å². The van der Waals surface area contributed by atoms with Gasteiger partial charge in [0.25, 0.3) is 0 Å². The van der Waals surface area contributed by atoms with Crippen LogP contribution in [-0.2, 0) is 14.3 Å². The Labute approximate surface area is 84.5 Å². The summed E-state index contributed by atoms with van der Waals surface area (Å²) in [6, 6.07) is -0.551. The van der Waals surface area contributed by atoms with Crippen LogP contribution in [0.5, 0.6) is 0 Å². The van der Waals surface area contributed by atoms with Crippen molar-refractivity contribution < 1.29 is 14.3 Å². The van der Waals surface area contributed by atoms with Crippen LogP contribution in [0.15, 0.2) is 12.7 Å². The summed E-state index contributed by atoms with van der Waals surface area (Å²) in [5, 5.41) is 0. The number of carbonyl (C=O) groups is 2. The molecule has 14 heavy (non-hydrogen) atoms. The number of amides is 1. The molecule has 4 heteroatoms. The van der Waals surface area contributed by atoms with Gasteiger partial charge in [-0.25, -0.2) is 4.79 Å². The lowest BCUT2D eigenvalue weighted by atomic mass is 10.2. The largest absolute Gasteiger partial charge is 0.464 e. The molecule has 80 valence electrons. The van der Waals surface area contributed by atoms with Crippen molar-refractivity contribution in [3.63, 3.8) is 0 Å². The van der Waals surface area contributed by atoms with Crippen LogP contribution in [0, 0.1) is 0 Å². The zero-order valence-corrected chi connectivity index (χ0v) is 8.95. The fraction of sp³-hybridized carbons (Fsp3) is 0.600. The van der Waals surface area contributed by atoms with E-state index in [1.165, 1.54) is 11.0 Å². The number of carbonyl (C=O) groups excluding carboxylic acids is 2. The van der Waals surface area contributed by atoms with E-state index in [1.807, 2.05) is 0 Å². The second-order valence-electron chi connectivity index (χ2n) is 2.76. The molecular weight excluding hydrogens is 182 g/mol. The minimum absolute atomic E-state index is 0.256. The topological polar surface area (TPSA) is 46.6 Å². The quantitative estimate of drug-likeness (QED) is 0.489. The van der Waals surface area contributed by atoms with Crippen molar-refractivity contribution in [1.29, 1.82) is 0 Å². The van der Waals surface area contributed by atoms with Crippen LogP contribution in [0.4, 0.5) is 0 Å². The molecule has 0 aromatic carbocycles. The van der Waals surface area contributed by atoms with Gasteiger partial charge in [0.2, 0.25) is 5.91 Å². The molecule has 0 spiro atoms. The molecule has 1 unspecified atom stereocenters. The third kappa shape index (κ3) is 3.20. The molecular formula is C10H17NO3. The van der Waals surface area contributed by atoms with E-state index >= 15 is 0 Å². The molecule has 4 nitrogen and oxygen atoms in total. The van der Waals surface area contributed by atoms with Gasteiger partial charge < -0.3 is 9.64 Å². The summed E-state index contributed by atoms with van der Waals surface area (Å²) in [6.45, 7) is 9.34. The van der Waals surface area contributed by atoms with E-state index in [4.69, 9.17) is 4.74 Å². The van der Waals surface area contributed by atoms with E-state index in [0.29, 0.717) is 13.2 Å². The van der Waals surface area contributed by atoms with E-state index < -0.39 is 6.04 Å². The van der Waals surface area contributed by atoms with Crippen LogP contribution in [0.3, 0.4) is 0 Å². The molecule has 0 saturated carbocycles. The lowest BCUT2D eigenvalue weighted by molar-refractivity contribution is -0.152. The van der Waals surface area contributed by atoms with Gasteiger partial charge in [-0.1, -0.05) is 6.58 Å². The van der Waals surface area contributed by atoms with E-state index in [0.717, 1.165) is 0 Å². The normalized spacial score (nSPS) is 11.6. The van der Waals surface area contributed by atoms with Gasteiger partial charge in [-0.15, -0.1) is 0 Å². The zero-order valence-electron chi connectivity index (χ0n) is 8.95. The van der Waals surface area contributed by atoms with Crippen molar-refractivity contribution in [2.24, 2.45) is 0 Å². The second kappa shape index (κ2) is 6.18. The number of ether oxygens (including phenoxy) is 1. The van der Waals surface area contributed by atoms with E-state index in [2.05, 4.69) is 6.58 Å². The van der Waals surface area contributed by atoms with Gasteiger partial charge in [-0.2, -0.15) is 0 Å². The molecule has 0 aromatic rings. The Bertz CT molecular complexity index is 225. The highest BCUT2D eigenvalue weighted by Crippen LogP contribution is 2.02. The van der Waals surface area contributed by atoms with Crippen molar-refractivity contribution in [2.45, 2.75) is 26.8 Å². The standard InChI is InChI=1S/C10H17NO3/c1-5-9(12)11(6-2)8(4)10(13)14-7-3/h5,8H,1,6-7H2,2-4H3. The SMILES string of the molecule is C=CC(=O)N(CC)C(C)C(=O)OCC. The van der Waals surface area contributed by atoms with Crippen LogP contribution in [-0.4, -0.2) is 36.0 Å². The van der Waals surface area contributed by atoms with Gasteiger partial charge >= 0.3 is 5.97 Å². The molecule has 0 aliphatic heterocycles. The summed E-state index contributed by atoms with van der Waals surface area (Å²) in [5.74, 6) is -0.641. The molecule has 0 aliphatic carbocycles. The maximum Gasteiger partial charge on any atom is 0.328 e. The molecule has 0 fully saturated rings. The first kappa shape index (κ1) is 12.7. The highest BCUT2D eigenvalue weighted by molar-refractivity contribution is 5.90. The predicted octanol–water partition coefficient (Wildman–Crippen LogP) is 0.972. The smallest absolute Gasteiger partial charge is 0.328 e. The van der Waals surface area contributed by atoms with Gasteiger partial charge in [-0.05, 0) is 26.8 Å². The fourth-order valence-electron chi connectivity index (χ4n) is 1.13. The number of hydrogen-bond acceptors (Lipinski definition) is 3. The third-order valence-electron chi connectivity index (χ3n) is 1.89. The minimum atomic E-state index is -0.551. The average molecular weight is 199 g/mol. The Hall–Kier alpha value is -1.32. The first-order valence-corrected chi connectivity index (χ1v) is 4.68. The predicted molar refractivity (Wildman–Crippen MR) is 53.7 cm³/mol. The first-order valence-electron chi connectivity index (χ1n) is 4.68. The van der Waals surface area contributed by atoms with Gasteiger partial charge in [0.1, 0.15) is 6.04 Å². The summed E-state index contributed by atoms with van der Waals surface area (Å²) in [5.41, 5.74) is 0. The second-order valence-corrected chi connectivity index (χ2v) is 2.76. The van der Waals surface area contributed by atoms with E-state index in [1.54, 1.807) is 20.8 Å². The number of likely N-dealkylation sites (N-methyl/N-ethyl adjacent to an activating group) is 1. The highest BCUT2D eigenvalue weighted by atomic mass is 16.5. The Morgan fingerprint density at radius 3 is 2.43 bits per heavy atom. The van der Waals surface area contributed by atoms with Crippen LogP contribution in [0.2, 0.25) is 0 Å². The van der Waals surface area contributed by atoms with Crippen molar-refractivity contribution >= 4 is 11.9 Å². The maximum atomic E-state index is 11.3. The molecule has 0 bridgehead atoms. The molecule has 0 N–H and O–H groups in total. The van der Waals surface area contributed by atoms with Crippen molar-refractivity contribution in [3.05, 3.63) is 12.7 Å². The number of nitrogens with zero attached hydrogens (tertiary/aromatic N) is 1. The van der Waals surface area contributed by atoms with Gasteiger partial charge in [-0.3, -0.25) is 4.79 Å². The number of hydrogen-bond donors (Lipinski definition) is 0. The Morgan fingerprint density at radius 2 is 2.07 bits per heavy atom. The molecule has 0 aromatic heterocycles. The Balaban J connectivity index is 4.44. The van der Waals surface area contributed by atoms with Crippen LogP contribution in [0.25, 0.3) is 0 Å². The highest BCUT2D eigenvalue weighted by Gasteiger charge is 2.23. The van der Waals surface area contributed by atoms with Crippen LogP contribution >= 0.6 is 0 Å². The number of esters is 1. The van der Waals surface area contributed by atoms with Crippen LogP contribution < -0.4 is 0 Å². The Morgan fingerprint density at radius 1 is 1.50 bits per heavy atom. The fourth-order valence-corrected chi connectivity index (χ4v) is 1.13. The zero-order chi connectivity index (χ0) is 11.1. The molecule has 0 saturated heterocycles. The lowest BCUT2D eigenvalue weighted by Gasteiger charge is -2.24. The minimum Gasteiger partial charge on any atom is -0.464 e. The summed E-state index contributed by atoms with van der Waals surface area (Å²) in [7, 11) is 0. The maximum absolute atomic E-state index is 11.3. The van der Waals surface area contributed by atoms with Crippen LogP contribution in [0.1, 0.15) is 20.8 Å². The summed E-state index contributed by atoms with van der Waals surface area (Å²) >= 11 is 0. The number of rotatable bonds is 5. The molecule has 0 radical (unpaired) electrons. The summed E-state index contributed by atoms with van der Waals surface area (Å²) < 4.78 is 4.81. The monoisotopic (exact) mass is 199 g/mol. The molecule has 1 amide bonds. The van der Waals surface area contributed by atoms with Gasteiger partial charge in [0, 0.05) is 6.54 Å². The first-order chi connectivity index (χ1) is 6.58. The van der Waals surface area contributed by atoms with Gasteiger partial charge in [0.15, 0.2) is 0 Å². The van der Waals surface area contributed by atoms with Crippen molar-refractivity contribution in [1.82, 2.24) is 4.90 Å². The lowest BCUT2D eigenvalue weighted by Crippen LogP contribution is -2.43. The molecule has 1 atom stereocenters. The third-order valence-corrected chi connectivity index (χ3v) is 1.89. The molecule has 0 aliphatic rings.